The van der Waals surface area contributed by atoms with Gasteiger partial charge in [0.1, 0.15) is 11.6 Å². The molecule has 5 aromatic rings. The highest BCUT2D eigenvalue weighted by Crippen LogP contribution is 2.39. The number of hydrogen-bond acceptors (Lipinski definition) is 3. The van der Waals surface area contributed by atoms with E-state index in [0.717, 1.165) is 40.4 Å². The zero-order valence-corrected chi connectivity index (χ0v) is 21.4. The predicted octanol–water partition coefficient (Wildman–Crippen LogP) is 6.37. The van der Waals surface area contributed by atoms with E-state index >= 15 is 0 Å². The average Bonchev–Trinajstić information content (AvgIpc) is 3.55. The van der Waals surface area contributed by atoms with Gasteiger partial charge in [0.15, 0.2) is 0 Å². The van der Waals surface area contributed by atoms with Gasteiger partial charge in [-0.25, -0.2) is 9.48 Å². The summed E-state index contributed by atoms with van der Waals surface area (Å²) in [5.74, 6) is 1.57. The van der Waals surface area contributed by atoms with Crippen LogP contribution < -0.4 is 10.1 Å². The summed E-state index contributed by atoms with van der Waals surface area (Å²) < 4.78 is 9.69. The Hall–Kier alpha value is -4.78. The molecule has 0 unspecified atom stereocenters. The largest absolute Gasteiger partial charge is 0.495 e. The summed E-state index contributed by atoms with van der Waals surface area (Å²) in [6.07, 6.45) is 2.81. The Labute approximate surface area is 221 Å². The van der Waals surface area contributed by atoms with Crippen LogP contribution in [0, 0.1) is 0 Å². The molecule has 7 heteroatoms. The summed E-state index contributed by atoms with van der Waals surface area (Å²) in [4.78, 5) is 16.0. The third-order valence-corrected chi connectivity index (χ3v) is 7.03. The quantitative estimate of drug-likeness (QED) is 0.303. The highest BCUT2D eigenvalue weighted by molar-refractivity contribution is 5.91. The number of amides is 2. The van der Waals surface area contributed by atoms with E-state index in [2.05, 4.69) is 53.3 Å². The van der Waals surface area contributed by atoms with E-state index in [9.17, 15) is 4.79 Å². The van der Waals surface area contributed by atoms with E-state index in [4.69, 9.17) is 9.84 Å². The molecule has 0 aliphatic carbocycles. The van der Waals surface area contributed by atoms with E-state index in [1.165, 1.54) is 0 Å². The first-order valence-electron chi connectivity index (χ1n) is 12.8. The van der Waals surface area contributed by atoms with E-state index in [1.807, 2.05) is 76.3 Å². The van der Waals surface area contributed by atoms with Gasteiger partial charge in [0.25, 0.3) is 0 Å². The molecule has 2 aromatic heterocycles. The summed E-state index contributed by atoms with van der Waals surface area (Å²) in [6, 6.07) is 31.4. The molecule has 3 heterocycles. The second-order valence-electron chi connectivity index (χ2n) is 9.22. The van der Waals surface area contributed by atoms with Crippen molar-refractivity contribution < 1.29 is 9.53 Å². The summed E-state index contributed by atoms with van der Waals surface area (Å²) in [6.45, 7) is 2.50. The van der Waals surface area contributed by atoms with Crippen LogP contribution in [-0.4, -0.2) is 32.4 Å². The first-order valence-corrected chi connectivity index (χ1v) is 12.8. The number of benzene rings is 3. The third kappa shape index (κ3) is 4.02. The predicted molar refractivity (Wildman–Crippen MR) is 148 cm³/mol. The lowest BCUT2D eigenvalue weighted by Gasteiger charge is -2.31. The number of urea groups is 1. The Morgan fingerprint density at radius 1 is 0.947 bits per heavy atom. The second-order valence-corrected chi connectivity index (χ2v) is 9.22. The number of ether oxygens (including phenoxy) is 1. The summed E-state index contributed by atoms with van der Waals surface area (Å²) in [7, 11) is 1.61. The molecular formula is C31H29N5O2. The maximum Gasteiger partial charge on any atom is 0.323 e. The van der Waals surface area contributed by atoms with Crippen LogP contribution in [0.3, 0.4) is 0 Å². The Morgan fingerprint density at radius 3 is 2.39 bits per heavy atom. The number of aromatic nitrogens is 3. The number of nitrogens with zero attached hydrogens (tertiary/aromatic N) is 4. The Bertz CT molecular complexity index is 1570. The van der Waals surface area contributed by atoms with Gasteiger partial charge in [-0.1, -0.05) is 67.6 Å². The zero-order chi connectivity index (χ0) is 26.1. The van der Waals surface area contributed by atoms with Crippen LogP contribution in [0.5, 0.6) is 5.75 Å². The maximum absolute atomic E-state index is 14.1. The Balaban J connectivity index is 1.54. The minimum absolute atomic E-state index is 0.210. The first-order chi connectivity index (χ1) is 18.7. The number of anilines is 1. The smallest absolute Gasteiger partial charge is 0.323 e. The number of carbonyl (C=O) groups excluding carboxylic acids is 1. The van der Waals surface area contributed by atoms with Crippen molar-refractivity contribution in [1.82, 2.24) is 19.2 Å². The molecule has 0 radical (unpaired) electrons. The molecule has 0 saturated heterocycles. The number of aryl methyl sites for hydroxylation is 1. The Morgan fingerprint density at radius 2 is 1.66 bits per heavy atom. The summed E-state index contributed by atoms with van der Waals surface area (Å²) in [5.41, 5.74) is 5.62. The number of methoxy groups -OCH3 is 1. The fraction of sp³-hybridized carbons (Fsp3) is 0.161. The van der Waals surface area contributed by atoms with Crippen molar-refractivity contribution >= 4 is 11.7 Å². The van der Waals surface area contributed by atoms with Crippen molar-refractivity contribution in [2.24, 2.45) is 0 Å². The number of hydrogen-bond donors (Lipinski definition) is 1. The summed E-state index contributed by atoms with van der Waals surface area (Å²) >= 11 is 0. The van der Waals surface area contributed by atoms with Crippen molar-refractivity contribution in [3.8, 4) is 17.3 Å². The van der Waals surface area contributed by atoms with Crippen molar-refractivity contribution in [3.05, 3.63) is 126 Å². The standard InChI is InChI=1S/C31H29N5O2/c1-3-25-24-21-35(31(37)32-26-17-10-11-19-28(26)38-2)29(22-13-6-4-7-14-22)27-18-12-20-34(27)30(24)36(33-25)23-15-8-5-9-16-23/h4-20,29H,3,21H2,1-2H3,(H,32,37)/t29-/m0/s1. The third-order valence-electron chi connectivity index (χ3n) is 7.03. The van der Waals surface area contributed by atoms with Crippen LogP contribution in [0.25, 0.3) is 11.5 Å². The van der Waals surface area contributed by atoms with Crippen molar-refractivity contribution in [3.63, 3.8) is 0 Å². The van der Waals surface area contributed by atoms with Crippen LogP contribution in [0.4, 0.5) is 10.5 Å². The molecule has 2 amide bonds. The molecule has 7 nitrogen and oxygen atoms in total. The maximum atomic E-state index is 14.1. The molecule has 1 N–H and O–H groups in total. The van der Waals surface area contributed by atoms with Gasteiger partial charge in [-0.3, -0.25) is 0 Å². The van der Waals surface area contributed by atoms with Crippen LogP contribution in [0.2, 0.25) is 0 Å². The lowest BCUT2D eigenvalue weighted by Crippen LogP contribution is -2.38. The zero-order valence-electron chi connectivity index (χ0n) is 21.4. The van der Waals surface area contributed by atoms with E-state index in [1.54, 1.807) is 7.11 Å². The molecular weight excluding hydrogens is 474 g/mol. The van der Waals surface area contributed by atoms with E-state index in [-0.39, 0.29) is 12.1 Å². The number of carbonyl (C=O) groups is 1. The average molecular weight is 504 g/mol. The minimum Gasteiger partial charge on any atom is -0.495 e. The molecule has 0 spiro atoms. The fourth-order valence-electron chi connectivity index (χ4n) is 5.27. The van der Waals surface area contributed by atoms with Crippen LogP contribution in [0.15, 0.2) is 103 Å². The number of fused-ring (bicyclic) bond motifs is 3. The number of nitrogens with one attached hydrogen (secondary N) is 1. The first kappa shape index (κ1) is 23.6. The highest BCUT2D eigenvalue weighted by Gasteiger charge is 2.36. The molecule has 0 saturated carbocycles. The van der Waals surface area contributed by atoms with Gasteiger partial charge in [0, 0.05) is 11.8 Å². The fourth-order valence-corrected chi connectivity index (χ4v) is 5.27. The normalized spacial score (nSPS) is 14.4. The number of para-hydroxylation sites is 3. The molecule has 1 aliphatic rings. The lowest BCUT2D eigenvalue weighted by atomic mass is 10.0. The van der Waals surface area contributed by atoms with Gasteiger partial charge < -0.3 is 19.5 Å². The van der Waals surface area contributed by atoms with E-state index < -0.39 is 0 Å². The van der Waals surface area contributed by atoms with E-state index in [0.29, 0.717) is 18.0 Å². The number of rotatable bonds is 5. The molecule has 190 valence electrons. The van der Waals surface area contributed by atoms with Crippen molar-refractivity contribution in [2.75, 3.05) is 12.4 Å². The lowest BCUT2D eigenvalue weighted by molar-refractivity contribution is 0.194. The van der Waals surface area contributed by atoms with Gasteiger partial charge in [0.05, 0.1) is 42.5 Å². The van der Waals surface area contributed by atoms with Crippen molar-refractivity contribution in [1.29, 1.82) is 0 Å². The molecule has 3 aromatic carbocycles. The Kier molecular flexibility index (Phi) is 6.17. The van der Waals surface area contributed by atoms with Gasteiger partial charge in [0.2, 0.25) is 0 Å². The van der Waals surface area contributed by atoms with Crippen LogP contribution in [-0.2, 0) is 13.0 Å². The molecule has 0 fully saturated rings. The minimum atomic E-state index is -0.317. The molecule has 6 rings (SSSR count). The highest BCUT2D eigenvalue weighted by atomic mass is 16.5. The van der Waals surface area contributed by atoms with Gasteiger partial charge in [-0.15, -0.1) is 0 Å². The van der Waals surface area contributed by atoms with Crippen LogP contribution >= 0.6 is 0 Å². The molecule has 1 aliphatic heterocycles. The summed E-state index contributed by atoms with van der Waals surface area (Å²) in [5, 5.41) is 8.14. The molecule has 38 heavy (non-hydrogen) atoms. The van der Waals surface area contributed by atoms with Gasteiger partial charge in [-0.2, -0.15) is 5.10 Å². The monoisotopic (exact) mass is 503 g/mol. The molecule has 1 atom stereocenters. The molecule has 0 bridgehead atoms. The SMILES string of the molecule is CCc1nn(-c2ccccc2)c2c1CN(C(=O)Nc1ccccc1OC)[C@@H](c1ccccc1)c1cccn1-2. The van der Waals surface area contributed by atoms with Crippen molar-refractivity contribution in [2.45, 2.75) is 25.9 Å². The van der Waals surface area contributed by atoms with Gasteiger partial charge in [-0.05, 0) is 48.4 Å². The second kappa shape index (κ2) is 9.94. The van der Waals surface area contributed by atoms with Gasteiger partial charge >= 0.3 is 6.03 Å². The van der Waals surface area contributed by atoms with Crippen LogP contribution in [0.1, 0.15) is 35.5 Å². The topological polar surface area (TPSA) is 64.3 Å².